The van der Waals surface area contributed by atoms with Gasteiger partial charge in [-0.25, -0.2) is 0 Å². The molecule has 0 aromatic heterocycles. The van der Waals surface area contributed by atoms with E-state index in [4.69, 9.17) is 23.7 Å². The lowest BCUT2D eigenvalue weighted by molar-refractivity contribution is -0.148. The van der Waals surface area contributed by atoms with Gasteiger partial charge in [0.05, 0.1) is 27.4 Å². The normalized spacial score (nSPS) is 10.2. The quantitative estimate of drug-likeness (QED) is 0.353. The molecule has 0 spiro atoms. The average molecular weight is 446 g/mol. The number of rotatable bonds is 14. The fraction of sp³-hybridized carbons (Fsp3) is 0.417. The number of ether oxygens (including phenoxy) is 5. The van der Waals surface area contributed by atoms with Crippen LogP contribution in [-0.2, 0) is 20.7 Å². The summed E-state index contributed by atoms with van der Waals surface area (Å²) < 4.78 is 26.6. The summed E-state index contributed by atoms with van der Waals surface area (Å²) in [5, 5.41) is 2.73. The molecule has 0 saturated heterocycles. The first-order valence-corrected chi connectivity index (χ1v) is 10.5. The Bertz CT molecular complexity index is 869. The van der Waals surface area contributed by atoms with Gasteiger partial charge in [0.2, 0.25) is 0 Å². The van der Waals surface area contributed by atoms with E-state index >= 15 is 0 Å². The molecule has 8 heteroatoms. The van der Waals surface area contributed by atoms with E-state index < -0.39 is 5.97 Å². The SMILES string of the molecule is CCOc1ccccc1OCCCC(=O)OCC(=O)NCCc1ccc(OC)c(OC)c1. The van der Waals surface area contributed by atoms with Gasteiger partial charge >= 0.3 is 5.97 Å². The lowest BCUT2D eigenvalue weighted by atomic mass is 10.1. The van der Waals surface area contributed by atoms with E-state index in [-0.39, 0.29) is 18.9 Å². The summed E-state index contributed by atoms with van der Waals surface area (Å²) >= 11 is 0. The van der Waals surface area contributed by atoms with Crippen LogP contribution in [0.25, 0.3) is 0 Å². The van der Waals surface area contributed by atoms with Crippen LogP contribution in [0.5, 0.6) is 23.0 Å². The number of esters is 1. The van der Waals surface area contributed by atoms with E-state index in [9.17, 15) is 9.59 Å². The molecule has 8 nitrogen and oxygen atoms in total. The van der Waals surface area contributed by atoms with Gasteiger partial charge in [-0.2, -0.15) is 0 Å². The van der Waals surface area contributed by atoms with Crippen molar-refractivity contribution in [3.8, 4) is 23.0 Å². The van der Waals surface area contributed by atoms with Crippen molar-refractivity contribution in [1.82, 2.24) is 5.32 Å². The van der Waals surface area contributed by atoms with Crippen molar-refractivity contribution in [2.45, 2.75) is 26.2 Å². The lowest BCUT2D eigenvalue weighted by Crippen LogP contribution is -2.30. The molecule has 32 heavy (non-hydrogen) atoms. The summed E-state index contributed by atoms with van der Waals surface area (Å²) in [6, 6.07) is 13.0. The summed E-state index contributed by atoms with van der Waals surface area (Å²) in [4.78, 5) is 23.7. The number of hydrogen-bond acceptors (Lipinski definition) is 7. The molecule has 0 radical (unpaired) electrons. The molecule has 0 unspecified atom stereocenters. The van der Waals surface area contributed by atoms with Gasteiger partial charge in [0.25, 0.3) is 5.91 Å². The molecule has 1 amide bonds. The zero-order chi connectivity index (χ0) is 23.2. The third-order valence-corrected chi connectivity index (χ3v) is 4.48. The van der Waals surface area contributed by atoms with Crippen LogP contribution in [0.4, 0.5) is 0 Å². The highest BCUT2D eigenvalue weighted by atomic mass is 16.5. The van der Waals surface area contributed by atoms with Crippen LogP contribution in [0.2, 0.25) is 0 Å². The van der Waals surface area contributed by atoms with E-state index in [1.807, 2.05) is 49.4 Å². The second kappa shape index (κ2) is 13.8. The van der Waals surface area contributed by atoms with Gasteiger partial charge in [-0.3, -0.25) is 9.59 Å². The molecule has 0 fully saturated rings. The first-order chi connectivity index (χ1) is 15.6. The average Bonchev–Trinajstić information content (AvgIpc) is 2.81. The number of benzene rings is 2. The Morgan fingerprint density at radius 3 is 2.31 bits per heavy atom. The second-order valence-electron chi connectivity index (χ2n) is 6.78. The molecule has 0 aliphatic carbocycles. The van der Waals surface area contributed by atoms with Crippen molar-refractivity contribution in [2.24, 2.45) is 0 Å². The standard InChI is InChI=1S/C24H31NO7/c1-4-30-20-8-5-6-9-21(20)31-15-7-10-24(27)32-17-23(26)25-14-13-18-11-12-19(28-2)22(16-18)29-3/h5-6,8-9,11-12,16H,4,7,10,13-15,17H2,1-3H3,(H,25,26). The number of carbonyl (C=O) groups excluding carboxylic acids is 2. The number of hydrogen-bond donors (Lipinski definition) is 1. The van der Waals surface area contributed by atoms with Crippen LogP contribution in [0.15, 0.2) is 42.5 Å². The Morgan fingerprint density at radius 2 is 1.62 bits per heavy atom. The van der Waals surface area contributed by atoms with Crippen LogP contribution < -0.4 is 24.3 Å². The maximum absolute atomic E-state index is 11.9. The summed E-state index contributed by atoms with van der Waals surface area (Å²) in [6.07, 6.45) is 1.25. The molecule has 174 valence electrons. The van der Waals surface area contributed by atoms with Crippen LogP contribution in [0, 0.1) is 0 Å². The van der Waals surface area contributed by atoms with E-state index in [1.165, 1.54) is 0 Å². The topological polar surface area (TPSA) is 92.3 Å². The van der Waals surface area contributed by atoms with Crippen molar-refractivity contribution in [1.29, 1.82) is 0 Å². The highest BCUT2D eigenvalue weighted by molar-refractivity contribution is 5.80. The lowest BCUT2D eigenvalue weighted by Gasteiger charge is -2.11. The fourth-order valence-corrected chi connectivity index (χ4v) is 2.89. The van der Waals surface area contributed by atoms with E-state index in [0.717, 1.165) is 5.56 Å². The van der Waals surface area contributed by atoms with Crippen molar-refractivity contribution in [3.63, 3.8) is 0 Å². The molecular weight excluding hydrogens is 414 g/mol. The van der Waals surface area contributed by atoms with Gasteiger partial charge in [-0.15, -0.1) is 0 Å². The summed E-state index contributed by atoms with van der Waals surface area (Å²) in [7, 11) is 3.15. The Kier molecular flexibility index (Phi) is 10.7. The first kappa shape index (κ1) is 24.8. The van der Waals surface area contributed by atoms with E-state index in [2.05, 4.69) is 5.32 Å². The monoisotopic (exact) mass is 445 g/mol. The Hall–Kier alpha value is -3.42. The van der Waals surface area contributed by atoms with Crippen LogP contribution in [0.1, 0.15) is 25.3 Å². The van der Waals surface area contributed by atoms with Gasteiger partial charge in [0, 0.05) is 13.0 Å². The minimum Gasteiger partial charge on any atom is -0.493 e. The van der Waals surface area contributed by atoms with Gasteiger partial charge < -0.3 is 29.0 Å². The predicted molar refractivity (Wildman–Crippen MR) is 120 cm³/mol. The molecule has 0 saturated carbocycles. The minimum atomic E-state index is -0.443. The number of amides is 1. The summed E-state index contributed by atoms with van der Waals surface area (Å²) in [6.45, 7) is 2.90. The van der Waals surface area contributed by atoms with Crippen molar-refractivity contribution >= 4 is 11.9 Å². The zero-order valence-corrected chi connectivity index (χ0v) is 18.8. The van der Waals surface area contributed by atoms with Crippen molar-refractivity contribution in [3.05, 3.63) is 48.0 Å². The van der Waals surface area contributed by atoms with Gasteiger partial charge in [0.1, 0.15) is 0 Å². The van der Waals surface area contributed by atoms with Gasteiger partial charge in [-0.1, -0.05) is 18.2 Å². The van der Waals surface area contributed by atoms with Gasteiger partial charge in [-0.05, 0) is 49.6 Å². The third-order valence-electron chi connectivity index (χ3n) is 4.48. The molecule has 0 aliphatic heterocycles. The van der Waals surface area contributed by atoms with Crippen molar-refractivity contribution in [2.75, 3.05) is 40.6 Å². The van der Waals surface area contributed by atoms with E-state index in [1.54, 1.807) is 14.2 Å². The summed E-state index contributed by atoms with van der Waals surface area (Å²) in [5.41, 5.74) is 0.992. The third kappa shape index (κ3) is 8.37. The number of methoxy groups -OCH3 is 2. The first-order valence-electron chi connectivity index (χ1n) is 10.5. The molecule has 2 aromatic rings. The number of carbonyl (C=O) groups is 2. The molecule has 0 heterocycles. The Morgan fingerprint density at radius 1 is 0.906 bits per heavy atom. The maximum Gasteiger partial charge on any atom is 0.306 e. The maximum atomic E-state index is 11.9. The predicted octanol–water partition coefficient (Wildman–Crippen LogP) is 3.16. The van der Waals surface area contributed by atoms with E-state index in [0.29, 0.717) is 55.6 Å². The molecule has 0 bridgehead atoms. The van der Waals surface area contributed by atoms with Crippen LogP contribution in [-0.4, -0.2) is 52.5 Å². The molecular formula is C24H31NO7. The minimum absolute atomic E-state index is 0.162. The van der Waals surface area contributed by atoms with Gasteiger partial charge in [0.15, 0.2) is 29.6 Å². The smallest absolute Gasteiger partial charge is 0.306 e. The number of para-hydroxylation sites is 2. The second-order valence-corrected chi connectivity index (χ2v) is 6.78. The van der Waals surface area contributed by atoms with Crippen LogP contribution >= 0.6 is 0 Å². The van der Waals surface area contributed by atoms with Crippen molar-refractivity contribution < 1.29 is 33.3 Å². The molecule has 0 atom stereocenters. The van der Waals surface area contributed by atoms with Crippen LogP contribution in [0.3, 0.4) is 0 Å². The molecule has 1 N–H and O–H groups in total. The summed E-state index contributed by atoms with van der Waals surface area (Å²) in [5.74, 6) is 1.80. The molecule has 2 rings (SSSR count). The molecule has 0 aliphatic rings. The Labute approximate surface area is 188 Å². The highest BCUT2D eigenvalue weighted by Crippen LogP contribution is 2.28. The number of nitrogens with one attached hydrogen (secondary N) is 1. The molecule has 2 aromatic carbocycles. The zero-order valence-electron chi connectivity index (χ0n) is 18.8. The highest BCUT2D eigenvalue weighted by Gasteiger charge is 2.09. The largest absolute Gasteiger partial charge is 0.493 e. The fourth-order valence-electron chi connectivity index (χ4n) is 2.89. The Balaban J connectivity index is 1.60.